The molecule has 3 aromatic rings. The van der Waals surface area contributed by atoms with Crippen molar-refractivity contribution < 1.29 is 0 Å². The SMILES string of the molecule is CCc1nn2c(N)c(C#N)cnc2c1-c1ccccc1. The van der Waals surface area contributed by atoms with Crippen LogP contribution in [0.25, 0.3) is 16.8 Å². The Bertz CT molecular complexity index is 812. The summed E-state index contributed by atoms with van der Waals surface area (Å²) in [7, 11) is 0. The number of nitrogens with two attached hydrogens (primary N) is 1. The monoisotopic (exact) mass is 263 g/mol. The van der Waals surface area contributed by atoms with Crippen LogP contribution in [0.4, 0.5) is 5.82 Å². The van der Waals surface area contributed by atoms with Crippen molar-refractivity contribution in [2.45, 2.75) is 13.3 Å². The minimum atomic E-state index is 0.328. The summed E-state index contributed by atoms with van der Waals surface area (Å²) in [4.78, 5) is 4.36. The number of hydrogen-bond donors (Lipinski definition) is 1. The minimum absolute atomic E-state index is 0.328. The molecule has 5 nitrogen and oxygen atoms in total. The number of benzene rings is 1. The average molecular weight is 263 g/mol. The maximum absolute atomic E-state index is 9.02. The summed E-state index contributed by atoms with van der Waals surface area (Å²) in [5.74, 6) is 0.328. The zero-order valence-corrected chi connectivity index (χ0v) is 11.0. The fourth-order valence-electron chi connectivity index (χ4n) is 2.28. The Kier molecular flexibility index (Phi) is 2.84. The molecule has 0 aliphatic heterocycles. The van der Waals surface area contributed by atoms with E-state index in [4.69, 9.17) is 11.0 Å². The van der Waals surface area contributed by atoms with E-state index in [-0.39, 0.29) is 0 Å². The number of anilines is 1. The Morgan fingerprint density at radius 2 is 2.05 bits per heavy atom. The van der Waals surface area contributed by atoms with Gasteiger partial charge in [-0.25, -0.2) is 4.98 Å². The molecule has 5 heteroatoms. The highest BCUT2D eigenvalue weighted by molar-refractivity contribution is 5.81. The first-order valence-electron chi connectivity index (χ1n) is 6.37. The van der Waals surface area contributed by atoms with E-state index in [0.29, 0.717) is 17.0 Å². The van der Waals surface area contributed by atoms with E-state index in [0.717, 1.165) is 23.2 Å². The first kappa shape index (κ1) is 12.2. The summed E-state index contributed by atoms with van der Waals surface area (Å²) in [6, 6.07) is 12.0. The van der Waals surface area contributed by atoms with Gasteiger partial charge in [0.15, 0.2) is 5.65 Å². The molecule has 0 atom stereocenters. The smallest absolute Gasteiger partial charge is 0.165 e. The molecule has 1 aromatic carbocycles. The summed E-state index contributed by atoms with van der Waals surface area (Å²) < 4.78 is 1.56. The topological polar surface area (TPSA) is 80.0 Å². The molecule has 98 valence electrons. The van der Waals surface area contributed by atoms with E-state index in [1.807, 2.05) is 43.3 Å². The van der Waals surface area contributed by atoms with Crippen LogP contribution in [0.2, 0.25) is 0 Å². The Morgan fingerprint density at radius 1 is 1.30 bits per heavy atom. The summed E-state index contributed by atoms with van der Waals surface area (Å²) in [6.45, 7) is 2.04. The lowest BCUT2D eigenvalue weighted by Gasteiger charge is -2.02. The lowest BCUT2D eigenvalue weighted by molar-refractivity contribution is 0.894. The van der Waals surface area contributed by atoms with Crippen LogP contribution in [0.15, 0.2) is 36.5 Å². The highest BCUT2D eigenvalue weighted by Crippen LogP contribution is 2.29. The van der Waals surface area contributed by atoms with Gasteiger partial charge in [-0.05, 0) is 12.0 Å². The molecule has 0 spiro atoms. The van der Waals surface area contributed by atoms with Gasteiger partial charge in [-0.3, -0.25) is 0 Å². The van der Waals surface area contributed by atoms with Crippen LogP contribution in [-0.4, -0.2) is 14.6 Å². The van der Waals surface area contributed by atoms with Gasteiger partial charge >= 0.3 is 0 Å². The van der Waals surface area contributed by atoms with Crippen LogP contribution < -0.4 is 5.73 Å². The first-order valence-corrected chi connectivity index (χ1v) is 6.37. The number of fused-ring (bicyclic) bond motifs is 1. The van der Waals surface area contributed by atoms with Crippen molar-refractivity contribution in [1.29, 1.82) is 5.26 Å². The number of nitrogen functional groups attached to an aromatic ring is 1. The molecule has 0 bridgehead atoms. The van der Waals surface area contributed by atoms with E-state index >= 15 is 0 Å². The van der Waals surface area contributed by atoms with Crippen LogP contribution in [0.3, 0.4) is 0 Å². The number of hydrogen-bond acceptors (Lipinski definition) is 4. The summed E-state index contributed by atoms with van der Waals surface area (Å²) in [5.41, 5.74) is 9.95. The predicted molar refractivity (Wildman–Crippen MR) is 76.9 cm³/mol. The molecule has 2 heterocycles. The number of aromatic nitrogens is 3. The van der Waals surface area contributed by atoms with Crippen LogP contribution in [0.1, 0.15) is 18.2 Å². The normalized spacial score (nSPS) is 10.6. The van der Waals surface area contributed by atoms with Gasteiger partial charge in [-0.1, -0.05) is 37.3 Å². The van der Waals surface area contributed by atoms with Crippen molar-refractivity contribution in [2.75, 3.05) is 5.73 Å². The summed E-state index contributed by atoms with van der Waals surface area (Å²) in [5, 5.41) is 13.5. The Hall–Kier alpha value is -2.87. The molecule has 0 aliphatic rings. The van der Waals surface area contributed by atoms with Crippen molar-refractivity contribution in [3.05, 3.63) is 47.8 Å². The van der Waals surface area contributed by atoms with Gasteiger partial charge in [0.2, 0.25) is 0 Å². The molecular weight excluding hydrogens is 250 g/mol. The van der Waals surface area contributed by atoms with Gasteiger partial charge < -0.3 is 5.73 Å². The Balaban J connectivity index is 2.38. The maximum Gasteiger partial charge on any atom is 0.165 e. The Labute approximate surface area is 116 Å². The third kappa shape index (κ3) is 1.70. The second-order valence-electron chi connectivity index (χ2n) is 4.45. The molecule has 0 saturated heterocycles. The van der Waals surface area contributed by atoms with Crippen molar-refractivity contribution in [3.63, 3.8) is 0 Å². The number of nitrogens with zero attached hydrogens (tertiary/aromatic N) is 4. The van der Waals surface area contributed by atoms with Crippen LogP contribution >= 0.6 is 0 Å². The standard InChI is InChI=1S/C15H13N5/c1-2-12-13(10-6-4-3-5-7-10)15-18-9-11(8-16)14(17)20(15)19-12/h3-7,9H,2,17H2,1H3. The van der Waals surface area contributed by atoms with Crippen LogP contribution in [0, 0.1) is 11.3 Å². The van der Waals surface area contributed by atoms with Crippen molar-refractivity contribution in [2.24, 2.45) is 0 Å². The lowest BCUT2D eigenvalue weighted by Crippen LogP contribution is -2.03. The fraction of sp³-hybridized carbons (Fsp3) is 0.133. The molecule has 0 amide bonds. The molecule has 0 fully saturated rings. The van der Waals surface area contributed by atoms with Crippen molar-refractivity contribution >= 4 is 11.5 Å². The van der Waals surface area contributed by atoms with E-state index in [1.54, 1.807) is 4.52 Å². The number of rotatable bonds is 2. The van der Waals surface area contributed by atoms with Gasteiger partial charge in [0.1, 0.15) is 17.5 Å². The molecule has 20 heavy (non-hydrogen) atoms. The largest absolute Gasteiger partial charge is 0.382 e. The molecule has 2 N–H and O–H groups in total. The highest BCUT2D eigenvalue weighted by Gasteiger charge is 2.17. The average Bonchev–Trinajstić information content (AvgIpc) is 2.88. The zero-order valence-electron chi connectivity index (χ0n) is 11.0. The lowest BCUT2D eigenvalue weighted by atomic mass is 10.0. The molecule has 3 rings (SSSR count). The zero-order chi connectivity index (χ0) is 14.1. The van der Waals surface area contributed by atoms with Gasteiger partial charge in [-0.2, -0.15) is 14.9 Å². The predicted octanol–water partition coefficient (Wildman–Crippen LogP) is 2.41. The summed E-state index contributed by atoms with van der Waals surface area (Å²) >= 11 is 0. The highest BCUT2D eigenvalue weighted by atomic mass is 15.3. The third-order valence-corrected chi connectivity index (χ3v) is 3.27. The second kappa shape index (κ2) is 4.67. The number of aryl methyl sites for hydroxylation is 1. The molecule has 0 unspecified atom stereocenters. The second-order valence-corrected chi connectivity index (χ2v) is 4.45. The van der Waals surface area contributed by atoms with Crippen molar-refractivity contribution in [1.82, 2.24) is 14.6 Å². The quantitative estimate of drug-likeness (QED) is 0.770. The van der Waals surface area contributed by atoms with Gasteiger partial charge in [0.05, 0.1) is 11.9 Å². The molecule has 0 aliphatic carbocycles. The first-order chi connectivity index (χ1) is 9.76. The number of nitriles is 1. The van der Waals surface area contributed by atoms with Crippen molar-refractivity contribution in [3.8, 4) is 17.2 Å². The fourth-order valence-corrected chi connectivity index (χ4v) is 2.28. The van der Waals surface area contributed by atoms with Gasteiger partial charge in [0.25, 0.3) is 0 Å². The van der Waals surface area contributed by atoms with E-state index < -0.39 is 0 Å². The van der Waals surface area contributed by atoms with E-state index in [1.165, 1.54) is 6.20 Å². The molecule has 0 radical (unpaired) electrons. The minimum Gasteiger partial charge on any atom is -0.382 e. The van der Waals surface area contributed by atoms with Crippen LogP contribution in [0.5, 0.6) is 0 Å². The summed E-state index contributed by atoms with van der Waals surface area (Å²) in [6.07, 6.45) is 2.27. The van der Waals surface area contributed by atoms with E-state index in [2.05, 4.69) is 10.1 Å². The van der Waals surface area contributed by atoms with Gasteiger partial charge in [0, 0.05) is 5.56 Å². The van der Waals surface area contributed by atoms with E-state index in [9.17, 15) is 0 Å². The van der Waals surface area contributed by atoms with Gasteiger partial charge in [-0.15, -0.1) is 0 Å². The third-order valence-electron chi connectivity index (χ3n) is 3.27. The van der Waals surface area contributed by atoms with Crippen LogP contribution in [-0.2, 0) is 6.42 Å². The Morgan fingerprint density at radius 3 is 2.70 bits per heavy atom. The molecule has 0 saturated carbocycles. The molecular formula is C15H13N5. The maximum atomic E-state index is 9.02. The molecule has 2 aromatic heterocycles.